The Morgan fingerprint density at radius 2 is 1.90 bits per heavy atom. The van der Waals surface area contributed by atoms with Crippen LogP contribution in [0.1, 0.15) is 23.6 Å². The summed E-state index contributed by atoms with van der Waals surface area (Å²) < 4.78 is 41.4. The summed E-state index contributed by atoms with van der Waals surface area (Å²) in [6, 6.07) is 11.8. The fourth-order valence-corrected chi connectivity index (χ4v) is 3.87. The highest BCUT2D eigenvalue weighted by Gasteiger charge is 2.49. The van der Waals surface area contributed by atoms with E-state index in [0.717, 1.165) is 22.6 Å². The summed E-state index contributed by atoms with van der Waals surface area (Å²) in [4.78, 5) is 18.8. The van der Waals surface area contributed by atoms with Gasteiger partial charge in [0, 0.05) is 23.8 Å². The van der Waals surface area contributed by atoms with Gasteiger partial charge in [-0.25, -0.2) is 9.88 Å². The maximum Gasteiger partial charge on any atom is 0.416 e. The van der Waals surface area contributed by atoms with Crippen molar-refractivity contribution in [1.82, 2.24) is 9.55 Å². The van der Waals surface area contributed by atoms with Gasteiger partial charge in [-0.3, -0.25) is 4.79 Å². The molecule has 0 saturated heterocycles. The topological polar surface area (TPSA) is 61.9 Å². The fraction of sp³-hybridized carbons (Fsp3) is 0.190. The summed E-state index contributed by atoms with van der Waals surface area (Å²) in [5.41, 5.74) is -0.771. The number of rotatable bonds is 3. The summed E-state index contributed by atoms with van der Waals surface area (Å²) in [7, 11) is 0. The van der Waals surface area contributed by atoms with E-state index < -0.39 is 23.2 Å². The number of carbonyl (C=O) groups is 1. The Balaban J connectivity index is 1.77. The number of fused-ring (bicyclic) bond motifs is 1. The predicted molar refractivity (Wildman–Crippen MR) is 104 cm³/mol. The number of aromatic nitrogens is 2. The van der Waals surface area contributed by atoms with Gasteiger partial charge in [-0.2, -0.15) is 18.4 Å². The Hall–Kier alpha value is -3.31. The molecular weight excluding hydrogens is 417 g/mol. The SMILES string of the molecule is C[C@@]1(Cc2ccc(C#N)cc2)C(=O)N(c2cc(Cl)cc(C(F)(F)F)c2)c2nccn21. The zero-order valence-corrected chi connectivity index (χ0v) is 16.4. The van der Waals surface area contributed by atoms with Crippen molar-refractivity contribution in [3.63, 3.8) is 0 Å². The molecule has 1 aliphatic rings. The van der Waals surface area contributed by atoms with Gasteiger partial charge >= 0.3 is 6.18 Å². The molecule has 1 amide bonds. The summed E-state index contributed by atoms with van der Waals surface area (Å²) in [5.74, 6) is -0.211. The lowest BCUT2D eigenvalue weighted by atomic mass is 9.91. The third-order valence-corrected chi connectivity index (χ3v) is 5.33. The van der Waals surface area contributed by atoms with Gasteiger partial charge < -0.3 is 4.57 Å². The second-order valence-corrected chi connectivity index (χ2v) is 7.63. The summed E-state index contributed by atoms with van der Waals surface area (Å²) in [5, 5.41) is 8.82. The zero-order valence-electron chi connectivity index (χ0n) is 15.6. The third-order valence-electron chi connectivity index (χ3n) is 5.12. The van der Waals surface area contributed by atoms with Gasteiger partial charge in [-0.15, -0.1) is 0 Å². The minimum atomic E-state index is -4.61. The van der Waals surface area contributed by atoms with Crippen molar-refractivity contribution >= 4 is 29.1 Å². The van der Waals surface area contributed by atoms with Gasteiger partial charge in [-0.1, -0.05) is 23.7 Å². The first-order chi connectivity index (χ1) is 14.1. The van der Waals surface area contributed by atoms with Crippen LogP contribution in [0.2, 0.25) is 5.02 Å². The van der Waals surface area contributed by atoms with Crippen LogP contribution in [0.5, 0.6) is 0 Å². The molecule has 3 aromatic rings. The highest BCUT2D eigenvalue weighted by molar-refractivity contribution is 6.31. The van der Waals surface area contributed by atoms with Gasteiger partial charge in [0.05, 0.1) is 22.9 Å². The lowest BCUT2D eigenvalue weighted by molar-refractivity contribution is -0.137. The first-order valence-corrected chi connectivity index (χ1v) is 9.26. The van der Waals surface area contributed by atoms with E-state index in [1.807, 2.05) is 6.07 Å². The number of amides is 1. The number of hydrogen-bond acceptors (Lipinski definition) is 3. The molecule has 0 aliphatic carbocycles. The Labute approximate surface area is 174 Å². The highest BCUT2D eigenvalue weighted by atomic mass is 35.5. The highest BCUT2D eigenvalue weighted by Crippen LogP contribution is 2.43. The van der Waals surface area contributed by atoms with Crippen molar-refractivity contribution in [2.24, 2.45) is 0 Å². The second-order valence-electron chi connectivity index (χ2n) is 7.19. The van der Waals surface area contributed by atoms with Crippen LogP contribution in [0.4, 0.5) is 24.8 Å². The van der Waals surface area contributed by atoms with Crippen molar-refractivity contribution in [3.8, 4) is 6.07 Å². The second kappa shape index (κ2) is 6.89. The molecule has 0 spiro atoms. The largest absolute Gasteiger partial charge is 0.416 e. The Bertz CT molecular complexity index is 1180. The van der Waals surface area contributed by atoms with Crippen LogP contribution in [0, 0.1) is 11.3 Å². The number of alkyl halides is 3. The van der Waals surface area contributed by atoms with Crippen molar-refractivity contribution in [3.05, 3.63) is 76.6 Å². The first-order valence-electron chi connectivity index (χ1n) is 8.89. The molecule has 5 nitrogen and oxygen atoms in total. The van der Waals surface area contributed by atoms with Crippen molar-refractivity contribution < 1.29 is 18.0 Å². The number of halogens is 4. The van der Waals surface area contributed by atoms with E-state index in [4.69, 9.17) is 16.9 Å². The van der Waals surface area contributed by atoms with E-state index in [9.17, 15) is 18.0 Å². The summed E-state index contributed by atoms with van der Waals surface area (Å²) in [6.45, 7) is 1.70. The normalized spacial score (nSPS) is 18.4. The van der Waals surface area contributed by atoms with E-state index >= 15 is 0 Å². The van der Waals surface area contributed by atoms with E-state index in [2.05, 4.69) is 4.98 Å². The van der Waals surface area contributed by atoms with Crippen LogP contribution in [-0.2, 0) is 22.9 Å². The molecule has 2 aromatic carbocycles. The molecule has 9 heteroatoms. The Morgan fingerprint density at radius 3 is 2.53 bits per heavy atom. The van der Waals surface area contributed by atoms with Gasteiger partial charge in [0.15, 0.2) is 0 Å². The van der Waals surface area contributed by atoms with E-state index in [-0.39, 0.29) is 23.1 Å². The Morgan fingerprint density at radius 1 is 1.20 bits per heavy atom. The molecule has 1 aromatic heterocycles. The smallest absolute Gasteiger partial charge is 0.301 e. The number of carbonyl (C=O) groups excluding carboxylic acids is 1. The van der Waals surface area contributed by atoms with Crippen LogP contribution < -0.4 is 4.90 Å². The zero-order chi connectivity index (χ0) is 21.7. The van der Waals surface area contributed by atoms with Crippen LogP contribution in [-0.4, -0.2) is 15.5 Å². The summed E-state index contributed by atoms with van der Waals surface area (Å²) in [6.07, 6.45) is -1.24. The average Bonchev–Trinajstić information content (AvgIpc) is 3.24. The van der Waals surface area contributed by atoms with Crippen molar-refractivity contribution in [1.29, 1.82) is 5.26 Å². The number of benzene rings is 2. The van der Waals surface area contributed by atoms with Crippen LogP contribution in [0.3, 0.4) is 0 Å². The Kier molecular flexibility index (Phi) is 4.59. The van der Waals surface area contributed by atoms with E-state index in [1.54, 1.807) is 42.0 Å². The van der Waals surface area contributed by atoms with Gasteiger partial charge in [0.1, 0.15) is 5.54 Å². The number of nitriles is 1. The maximum atomic E-state index is 13.4. The molecule has 0 bridgehead atoms. The molecule has 152 valence electrons. The average molecular weight is 431 g/mol. The van der Waals surface area contributed by atoms with Crippen molar-refractivity contribution in [2.45, 2.75) is 25.1 Å². The third kappa shape index (κ3) is 3.21. The molecule has 30 heavy (non-hydrogen) atoms. The summed E-state index contributed by atoms with van der Waals surface area (Å²) >= 11 is 5.92. The molecule has 0 unspecified atom stereocenters. The van der Waals surface area contributed by atoms with Crippen LogP contribution in [0.25, 0.3) is 0 Å². The van der Waals surface area contributed by atoms with Crippen LogP contribution >= 0.6 is 11.6 Å². The van der Waals surface area contributed by atoms with Crippen molar-refractivity contribution in [2.75, 3.05) is 4.90 Å². The monoisotopic (exact) mass is 430 g/mol. The maximum absolute atomic E-state index is 13.4. The molecule has 0 fully saturated rings. The molecular formula is C21H14ClF3N4O. The standard InChI is InChI=1S/C21H14ClF3N4O/c1-20(11-13-2-4-14(12-26)5-3-13)18(30)29(19-27-6-7-28(19)20)17-9-15(21(23,24)25)8-16(22)10-17/h2-10H,11H2,1H3/t20-/m1/s1. The molecule has 1 aliphatic heterocycles. The van der Waals surface area contributed by atoms with Gasteiger partial charge in [0.2, 0.25) is 5.95 Å². The fourth-order valence-electron chi connectivity index (χ4n) is 3.64. The number of hydrogen-bond donors (Lipinski definition) is 0. The quantitative estimate of drug-likeness (QED) is 0.583. The lowest BCUT2D eigenvalue weighted by Crippen LogP contribution is -2.40. The molecule has 4 rings (SSSR count). The van der Waals surface area contributed by atoms with Gasteiger partial charge in [0.25, 0.3) is 5.91 Å². The molecule has 2 heterocycles. The number of anilines is 2. The minimum Gasteiger partial charge on any atom is -0.301 e. The van der Waals surface area contributed by atoms with E-state index in [1.165, 1.54) is 12.3 Å². The number of imidazole rings is 1. The molecule has 0 radical (unpaired) electrons. The number of nitrogens with zero attached hydrogens (tertiary/aromatic N) is 4. The lowest BCUT2D eigenvalue weighted by Gasteiger charge is -2.25. The minimum absolute atomic E-state index is 0.00386. The van der Waals surface area contributed by atoms with Gasteiger partial charge in [-0.05, 0) is 42.8 Å². The molecule has 1 atom stereocenters. The van der Waals surface area contributed by atoms with E-state index in [0.29, 0.717) is 5.56 Å². The predicted octanol–water partition coefficient (Wildman–Crippen LogP) is 5.06. The molecule has 0 saturated carbocycles. The molecule has 0 N–H and O–H groups in total. The van der Waals surface area contributed by atoms with Crippen LogP contribution in [0.15, 0.2) is 54.9 Å². The first kappa shape index (κ1) is 20.0.